The number of fused-ring (bicyclic) bond motifs is 1. The largest absolute Gasteiger partial charge is 0.247 e. The molecule has 0 saturated heterocycles. The van der Waals surface area contributed by atoms with Crippen molar-refractivity contribution in [3.63, 3.8) is 0 Å². The van der Waals surface area contributed by atoms with Crippen LogP contribution in [-0.2, 0) is 0 Å². The highest BCUT2D eigenvalue weighted by Gasteiger charge is 2.11. The van der Waals surface area contributed by atoms with Gasteiger partial charge < -0.3 is 0 Å². The van der Waals surface area contributed by atoms with E-state index in [2.05, 4.69) is 71.0 Å². The van der Waals surface area contributed by atoms with E-state index in [1.807, 2.05) is 0 Å². The minimum absolute atomic E-state index is 1.08. The molecule has 1 heteroatoms. The van der Waals surface area contributed by atoms with Gasteiger partial charge in [0, 0.05) is 10.9 Å². The quantitative estimate of drug-likeness (QED) is 0.576. The van der Waals surface area contributed by atoms with Crippen molar-refractivity contribution in [2.24, 2.45) is 0 Å². The zero-order valence-corrected chi connectivity index (χ0v) is 13.4. The number of hydrogen-bond donors (Lipinski definition) is 0. The Morgan fingerprint density at radius 1 is 0.667 bits per heavy atom. The lowest BCUT2D eigenvalue weighted by Gasteiger charge is -2.13. The molecule has 1 heterocycles. The molecule has 0 aliphatic heterocycles. The summed E-state index contributed by atoms with van der Waals surface area (Å²) < 4.78 is 0. The molecule has 3 aromatic rings. The summed E-state index contributed by atoms with van der Waals surface area (Å²) >= 11 is 0. The molecule has 0 unspecified atom stereocenters. The van der Waals surface area contributed by atoms with Crippen molar-refractivity contribution < 1.29 is 0 Å². The molecule has 0 radical (unpaired) electrons. The maximum absolute atomic E-state index is 4.93. The van der Waals surface area contributed by atoms with Crippen LogP contribution in [0.5, 0.6) is 0 Å². The van der Waals surface area contributed by atoms with Crippen LogP contribution >= 0.6 is 0 Å². The van der Waals surface area contributed by atoms with Crippen LogP contribution < -0.4 is 0 Å². The van der Waals surface area contributed by atoms with Crippen LogP contribution in [0, 0.1) is 34.6 Å². The van der Waals surface area contributed by atoms with Gasteiger partial charge in [0.05, 0.1) is 11.2 Å². The molecular weight excluding hydrogens is 254 g/mol. The summed E-state index contributed by atoms with van der Waals surface area (Å²) in [6, 6.07) is 13.1. The van der Waals surface area contributed by atoms with Gasteiger partial charge in [0.25, 0.3) is 0 Å². The third-order valence-corrected chi connectivity index (χ3v) is 4.20. The van der Waals surface area contributed by atoms with Gasteiger partial charge in [0.1, 0.15) is 0 Å². The first-order chi connectivity index (χ1) is 9.95. The number of aryl methyl sites for hydroxylation is 4. The van der Waals surface area contributed by atoms with Crippen molar-refractivity contribution in [1.82, 2.24) is 4.98 Å². The van der Waals surface area contributed by atoms with Gasteiger partial charge in [-0.05, 0) is 70.0 Å². The highest BCUT2D eigenvalue weighted by atomic mass is 14.7. The first-order valence-electron chi connectivity index (χ1n) is 7.42. The monoisotopic (exact) mass is 275 g/mol. The molecular formula is C20H21N. The molecule has 0 aliphatic rings. The van der Waals surface area contributed by atoms with E-state index in [1.54, 1.807) is 0 Å². The van der Waals surface area contributed by atoms with E-state index < -0.39 is 0 Å². The average molecular weight is 275 g/mol. The van der Waals surface area contributed by atoms with Gasteiger partial charge in [-0.25, -0.2) is 4.98 Å². The fraction of sp³-hybridized carbons (Fsp3) is 0.250. The molecule has 0 saturated carbocycles. The second kappa shape index (κ2) is 5.00. The minimum atomic E-state index is 1.08. The van der Waals surface area contributed by atoms with Gasteiger partial charge >= 0.3 is 0 Å². The third-order valence-electron chi connectivity index (χ3n) is 4.20. The van der Waals surface area contributed by atoms with Crippen LogP contribution in [0.25, 0.3) is 22.2 Å². The van der Waals surface area contributed by atoms with E-state index in [4.69, 9.17) is 4.98 Å². The average Bonchev–Trinajstić information content (AvgIpc) is 2.42. The minimum Gasteiger partial charge on any atom is -0.247 e. The molecule has 0 spiro atoms. The Morgan fingerprint density at radius 3 is 2.00 bits per heavy atom. The number of hydrogen-bond acceptors (Lipinski definition) is 1. The second-order valence-corrected chi connectivity index (χ2v) is 6.11. The molecule has 106 valence electrons. The lowest BCUT2D eigenvalue weighted by molar-refractivity contribution is 1.26. The normalized spacial score (nSPS) is 11.1. The van der Waals surface area contributed by atoms with Crippen molar-refractivity contribution in [1.29, 1.82) is 0 Å². The lowest BCUT2D eigenvalue weighted by atomic mass is 9.96. The number of aromatic nitrogens is 1. The Kier molecular flexibility index (Phi) is 3.29. The van der Waals surface area contributed by atoms with E-state index in [0.717, 1.165) is 11.2 Å². The van der Waals surface area contributed by atoms with Crippen LogP contribution in [0.1, 0.15) is 27.8 Å². The van der Waals surface area contributed by atoms with Crippen LogP contribution in [0.4, 0.5) is 0 Å². The third kappa shape index (κ3) is 2.44. The number of pyridine rings is 1. The van der Waals surface area contributed by atoms with Crippen LogP contribution in [0.2, 0.25) is 0 Å². The number of rotatable bonds is 1. The standard InChI is InChI=1S/C20H21N/c1-12-6-7-19-18(11-12)15(4)16(5)20(21-19)17-9-13(2)8-14(3)10-17/h6-11H,1-5H3. The second-order valence-electron chi connectivity index (χ2n) is 6.11. The van der Waals surface area contributed by atoms with Crippen molar-refractivity contribution in [3.05, 3.63) is 64.2 Å². The molecule has 2 aromatic carbocycles. The molecule has 1 aromatic heterocycles. The molecule has 0 aliphatic carbocycles. The van der Waals surface area contributed by atoms with Gasteiger partial charge in [0.2, 0.25) is 0 Å². The van der Waals surface area contributed by atoms with Gasteiger partial charge in [0.15, 0.2) is 0 Å². The van der Waals surface area contributed by atoms with E-state index in [1.165, 1.54) is 38.8 Å². The summed E-state index contributed by atoms with van der Waals surface area (Å²) in [6.45, 7) is 10.8. The van der Waals surface area contributed by atoms with E-state index in [9.17, 15) is 0 Å². The molecule has 21 heavy (non-hydrogen) atoms. The Bertz CT molecular complexity index is 824. The summed E-state index contributed by atoms with van der Waals surface area (Å²) in [5, 5.41) is 1.26. The predicted molar refractivity (Wildman–Crippen MR) is 90.9 cm³/mol. The van der Waals surface area contributed by atoms with E-state index in [-0.39, 0.29) is 0 Å². The van der Waals surface area contributed by atoms with Crippen LogP contribution in [0.15, 0.2) is 36.4 Å². The topological polar surface area (TPSA) is 12.9 Å². The van der Waals surface area contributed by atoms with Crippen molar-refractivity contribution >= 4 is 10.9 Å². The summed E-state index contributed by atoms with van der Waals surface area (Å²) in [4.78, 5) is 4.93. The first kappa shape index (κ1) is 13.8. The highest BCUT2D eigenvalue weighted by Crippen LogP contribution is 2.30. The summed E-state index contributed by atoms with van der Waals surface area (Å²) in [7, 11) is 0. The SMILES string of the molecule is Cc1cc(C)cc(-c2nc3ccc(C)cc3c(C)c2C)c1. The molecule has 0 amide bonds. The Hall–Kier alpha value is -2.15. The maximum atomic E-state index is 4.93. The molecule has 0 bridgehead atoms. The summed E-state index contributed by atoms with van der Waals surface area (Å²) in [5.74, 6) is 0. The molecule has 1 nitrogen and oxygen atoms in total. The molecule has 3 rings (SSSR count). The lowest BCUT2D eigenvalue weighted by Crippen LogP contribution is -1.96. The Balaban J connectivity index is 2.33. The fourth-order valence-electron chi connectivity index (χ4n) is 3.02. The zero-order valence-electron chi connectivity index (χ0n) is 13.4. The zero-order chi connectivity index (χ0) is 15.1. The van der Waals surface area contributed by atoms with Crippen molar-refractivity contribution in [3.8, 4) is 11.3 Å². The van der Waals surface area contributed by atoms with Gasteiger partial charge in [-0.1, -0.05) is 28.8 Å². The van der Waals surface area contributed by atoms with E-state index in [0.29, 0.717) is 0 Å². The summed E-state index contributed by atoms with van der Waals surface area (Å²) in [6.07, 6.45) is 0. The molecule has 0 fully saturated rings. The predicted octanol–water partition coefficient (Wildman–Crippen LogP) is 5.44. The Labute approximate surface area is 126 Å². The van der Waals surface area contributed by atoms with Crippen molar-refractivity contribution in [2.45, 2.75) is 34.6 Å². The Morgan fingerprint density at radius 2 is 1.33 bits per heavy atom. The van der Waals surface area contributed by atoms with Gasteiger partial charge in [-0.3, -0.25) is 0 Å². The highest BCUT2D eigenvalue weighted by molar-refractivity contribution is 5.87. The number of nitrogens with zero attached hydrogens (tertiary/aromatic N) is 1. The molecule has 0 N–H and O–H groups in total. The summed E-state index contributed by atoms with van der Waals surface area (Å²) in [5.41, 5.74) is 9.87. The van der Waals surface area contributed by atoms with Gasteiger partial charge in [-0.15, -0.1) is 0 Å². The maximum Gasteiger partial charge on any atom is 0.0741 e. The van der Waals surface area contributed by atoms with Gasteiger partial charge in [-0.2, -0.15) is 0 Å². The molecule has 0 atom stereocenters. The smallest absolute Gasteiger partial charge is 0.0741 e. The van der Waals surface area contributed by atoms with Crippen LogP contribution in [-0.4, -0.2) is 4.98 Å². The van der Waals surface area contributed by atoms with Crippen molar-refractivity contribution in [2.75, 3.05) is 0 Å². The number of benzene rings is 2. The first-order valence-corrected chi connectivity index (χ1v) is 7.42. The van der Waals surface area contributed by atoms with E-state index >= 15 is 0 Å². The fourth-order valence-corrected chi connectivity index (χ4v) is 3.02. The van der Waals surface area contributed by atoms with Crippen LogP contribution in [0.3, 0.4) is 0 Å².